The number of hydrogen-bond donors (Lipinski definition) is 0. The van der Waals surface area contributed by atoms with Crippen LogP contribution in [0, 0.1) is 11.8 Å². The summed E-state index contributed by atoms with van der Waals surface area (Å²) in [6.07, 6.45) is 5.42. The Labute approximate surface area is 145 Å². The maximum Gasteiger partial charge on any atom is 0.276 e. The summed E-state index contributed by atoms with van der Waals surface area (Å²) in [6, 6.07) is 4.02. The van der Waals surface area contributed by atoms with Gasteiger partial charge in [0.05, 0.1) is 7.11 Å². The van der Waals surface area contributed by atoms with E-state index in [4.69, 9.17) is 4.74 Å². The van der Waals surface area contributed by atoms with Gasteiger partial charge in [0, 0.05) is 38.4 Å². The minimum Gasteiger partial charge on any atom is -0.494 e. The molecule has 0 aromatic carbocycles. The Morgan fingerprint density at radius 3 is 2.83 bits per heavy atom. The van der Waals surface area contributed by atoms with Crippen molar-refractivity contribution in [2.45, 2.75) is 39.2 Å². The summed E-state index contributed by atoms with van der Waals surface area (Å²) >= 11 is 0. The summed E-state index contributed by atoms with van der Waals surface area (Å²) in [7, 11) is 1.59. The molecule has 0 bridgehead atoms. The number of hydrogen-bond acceptors (Lipinski definition) is 4. The number of aromatic nitrogens is 1. The molecule has 1 saturated heterocycles. The SMILES string of the molecule is COc1cccnc1C(=O)N1CCCN(CC2CC2)[C@H](C(C)C)C1. The minimum absolute atomic E-state index is 0.00799. The van der Waals surface area contributed by atoms with Crippen LogP contribution in [-0.4, -0.2) is 60.0 Å². The van der Waals surface area contributed by atoms with Crippen molar-refractivity contribution in [3.63, 3.8) is 0 Å². The van der Waals surface area contributed by atoms with Crippen molar-refractivity contribution in [3.05, 3.63) is 24.0 Å². The van der Waals surface area contributed by atoms with Crippen molar-refractivity contribution in [1.29, 1.82) is 0 Å². The number of amides is 1. The van der Waals surface area contributed by atoms with Gasteiger partial charge in [-0.15, -0.1) is 0 Å². The molecule has 0 unspecified atom stereocenters. The normalized spacial score (nSPS) is 22.5. The molecule has 1 saturated carbocycles. The lowest BCUT2D eigenvalue weighted by Crippen LogP contribution is -2.46. The first kappa shape index (κ1) is 17.2. The highest BCUT2D eigenvalue weighted by atomic mass is 16.5. The second kappa shape index (κ2) is 7.51. The molecular weight excluding hydrogens is 302 g/mol. The molecule has 2 aliphatic rings. The number of nitrogens with zero attached hydrogens (tertiary/aromatic N) is 3. The summed E-state index contributed by atoms with van der Waals surface area (Å²) in [4.78, 5) is 21.9. The van der Waals surface area contributed by atoms with Gasteiger partial charge < -0.3 is 9.64 Å². The van der Waals surface area contributed by atoms with E-state index in [-0.39, 0.29) is 5.91 Å². The molecule has 1 aromatic heterocycles. The minimum atomic E-state index is -0.00799. The second-order valence-corrected chi connectivity index (χ2v) is 7.41. The first-order chi connectivity index (χ1) is 11.6. The molecule has 0 radical (unpaired) electrons. The van der Waals surface area contributed by atoms with Crippen LogP contribution in [0.2, 0.25) is 0 Å². The van der Waals surface area contributed by atoms with Crippen molar-refractivity contribution in [2.75, 3.05) is 33.3 Å². The van der Waals surface area contributed by atoms with E-state index in [1.165, 1.54) is 19.4 Å². The van der Waals surface area contributed by atoms with Crippen molar-refractivity contribution in [1.82, 2.24) is 14.8 Å². The Kier molecular flexibility index (Phi) is 5.39. The van der Waals surface area contributed by atoms with Gasteiger partial charge in [-0.25, -0.2) is 4.98 Å². The number of rotatable bonds is 5. The predicted octanol–water partition coefficient (Wildman–Crippen LogP) is 2.67. The lowest BCUT2D eigenvalue weighted by atomic mass is 10.0. The molecule has 0 spiro atoms. The van der Waals surface area contributed by atoms with E-state index in [0.717, 1.165) is 32.0 Å². The molecular formula is C19H29N3O2. The highest BCUT2D eigenvalue weighted by Crippen LogP contribution is 2.32. The highest BCUT2D eigenvalue weighted by Gasteiger charge is 2.34. The van der Waals surface area contributed by atoms with Crippen molar-refractivity contribution < 1.29 is 9.53 Å². The molecule has 0 N–H and O–H groups in total. The van der Waals surface area contributed by atoms with Crippen LogP contribution in [0.5, 0.6) is 5.75 Å². The number of pyridine rings is 1. The van der Waals surface area contributed by atoms with Crippen LogP contribution < -0.4 is 4.74 Å². The van der Waals surface area contributed by atoms with E-state index in [0.29, 0.717) is 23.4 Å². The number of methoxy groups -OCH3 is 1. The standard InChI is InChI=1S/C19H29N3O2/c1-14(2)16-13-22(11-5-10-21(16)12-15-7-8-15)19(23)18-17(24-3)6-4-9-20-18/h4,6,9,14-16H,5,7-8,10-13H2,1-3H3/t16-/m0/s1. The quantitative estimate of drug-likeness (QED) is 0.832. The third kappa shape index (κ3) is 3.89. The van der Waals surface area contributed by atoms with Crippen LogP contribution in [0.25, 0.3) is 0 Å². The molecule has 1 atom stereocenters. The van der Waals surface area contributed by atoms with Crippen molar-refractivity contribution in [2.24, 2.45) is 11.8 Å². The molecule has 2 heterocycles. The molecule has 132 valence electrons. The van der Waals surface area contributed by atoms with Gasteiger partial charge in [-0.2, -0.15) is 0 Å². The molecule has 1 aliphatic heterocycles. The summed E-state index contributed by atoms with van der Waals surface area (Å²) in [6.45, 7) is 8.38. The lowest BCUT2D eigenvalue weighted by molar-refractivity contribution is 0.0695. The first-order valence-electron chi connectivity index (χ1n) is 9.12. The summed E-state index contributed by atoms with van der Waals surface area (Å²) in [5.74, 6) is 1.96. The van der Waals surface area contributed by atoms with Crippen LogP contribution >= 0.6 is 0 Å². The smallest absolute Gasteiger partial charge is 0.276 e. The zero-order chi connectivity index (χ0) is 17.1. The third-order valence-corrected chi connectivity index (χ3v) is 5.19. The van der Waals surface area contributed by atoms with Crippen LogP contribution in [-0.2, 0) is 0 Å². The zero-order valence-corrected chi connectivity index (χ0v) is 15.1. The monoisotopic (exact) mass is 331 g/mol. The molecule has 5 nitrogen and oxygen atoms in total. The van der Waals surface area contributed by atoms with E-state index in [1.54, 1.807) is 25.4 Å². The van der Waals surface area contributed by atoms with Gasteiger partial charge in [-0.1, -0.05) is 13.8 Å². The Morgan fingerprint density at radius 1 is 1.38 bits per heavy atom. The van der Waals surface area contributed by atoms with E-state index in [2.05, 4.69) is 23.7 Å². The second-order valence-electron chi connectivity index (χ2n) is 7.41. The molecule has 1 amide bonds. The number of carbonyl (C=O) groups excluding carboxylic acids is 1. The average molecular weight is 331 g/mol. The Morgan fingerprint density at radius 2 is 2.17 bits per heavy atom. The van der Waals surface area contributed by atoms with E-state index in [1.807, 2.05) is 4.90 Å². The van der Waals surface area contributed by atoms with Gasteiger partial charge in [0.1, 0.15) is 5.75 Å². The van der Waals surface area contributed by atoms with Crippen LogP contribution in [0.3, 0.4) is 0 Å². The molecule has 1 aliphatic carbocycles. The van der Waals surface area contributed by atoms with Gasteiger partial charge in [-0.05, 0) is 43.2 Å². The van der Waals surface area contributed by atoms with Gasteiger partial charge in [0.15, 0.2) is 5.69 Å². The largest absolute Gasteiger partial charge is 0.494 e. The Balaban J connectivity index is 1.76. The van der Waals surface area contributed by atoms with Gasteiger partial charge in [-0.3, -0.25) is 9.69 Å². The Bertz CT molecular complexity index is 571. The lowest BCUT2D eigenvalue weighted by Gasteiger charge is -2.34. The van der Waals surface area contributed by atoms with E-state index in [9.17, 15) is 4.79 Å². The Hall–Kier alpha value is -1.62. The average Bonchev–Trinajstić information content (AvgIpc) is 3.41. The van der Waals surface area contributed by atoms with Crippen molar-refractivity contribution in [3.8, 4) is 5.75 Å². The maximum absolute atomic E-state index is 13.0. The van der Waals surface area contributed by atoms with Crippen LogP contribution in [0.1, 0.15) is 43.6 Å². The molecule has 5 heteroatoms. The first-order valence-corrected chi connectivity index (χ1v) is 9.12. The van der Waals surface area contributed by atoms with Gasteiger partial charge >= 0.3 is 0 Å². The topological polar surface area (TPSA) is 45.7 Å². The fraction of sp³-hybridized carbons (Fsp3) is 0.684. The fourth-order valence-electron chi connectivity index (χ4n) is 3.60. The van der Waals surface area contributed by atoms with Crippen LogP contribution in [0.15, 0.2) is 18.3 Å². The summed E-state index contributed by atoms with van der Waals surface area (Å²) in [5.41, 5.74) is 0.429. The van der Waals surface area contributed by atoms with Gasteiger partial charge in [0.25, 0.3) is 5.91 Å². The van der Waals surface area contributed by atoms with Gasteiger partial charge in [0.2, 0.25) is 0 Å². The fourth-order valence-corrected chi connectivity index (χ4v) is 3.60. The summed E-state index contributed by atoms with van der Waals surface area (Å²) < 4.78 is 5.32. The molecule has 1 aromatic rings. The molecule has 24 heavy (non-hydrogen) atoms. The number of ether oxygens (including phenoxy) is 1. The van der Waals surface area contributed by atoms with E-state index >= 15 is 0 Å². The van der Waals surface area contributed by atoms with Crippen LogP contribution in [0.4, 0.5) is 0 Å². The third-order valence-electron chi connectivity index (χ3n) is 5.19. The van der Waals surface area contributed by atoms with Crippen molar-refractivity contribution >= 4 is 5.91 Å². The van der Waals surface area contributed by atoms with E-state index < -0.39 is 0 Å². The maximum atomic E-state index is 13.0. The predicted molar refractivity (Wildman–Crippen MR) is 94.2 cm³/mol. The zero-order valence-electron chi connectivity index (χ0n) is 15.1. The summed E-state index contributed by atoms with van der Waals surface area (Å²) in [5, 5.41) is 0. The molecule has 2 fully saturated rings. The number of carbonyl (C=O) groups is 1. The molecule has 3 rings (SSSR count). The highest BCUT2D eigenvalue weighted by molar-refractivity contribution is 5.95.